The Labute approximate surface area is 109 Å². The minimum absolute atomic E-state index is 0.594. The molecule has 0 aliphatic heterocycles. The Morgan fingerprint density at radius 1 is 1.06 bits per heavy atom. The minimum atomic E-state index is 0.594. The predicted octanol–water partition coefficient (Wildman–Crippen LogP) is 4.58. The third-order valence-electron chi connectivity index (χ3n) is 3.91. The standard InChI is InChI=1S/C14H22N2S/c1-10-11(2)15-13(16-14(10)17)12-8-6-4-3-5-7-9-12/h12H,3-9H2,1-2H3,(H,15,16,17). The third kappa shape index (κ3) is 3.15. The first-order chi connectivity index (χ1) is 8.18. The number of nitrogens with one attached hydrogen (secondary N) is 1. The van der Waals surface area contributed by atoms with Crippen molar-refractivity contribution in [1.82, 2.24) is 9.97 Å². The van der Waals surface area contributed by atoms with E-state index in [1.165, 1.54) is 50.6 Å². The summed E-state index contributed by atoms with van der Waals surface area (Å²) in [5, 5.41) is 0. The van der Waals surface area contributed by atoms with Crippen molar-refractivity contribution >= 4 is 12.2 Å². The molecule has 1 aliphatic rings. The maximum absolute atomic E-state index is 5.33. The summed E-state index contributed by atoms with van der Waals surface area (Å²) >= 11 is 5.33. The summed E-state index contributed by atoms with van der Waals surface area (Å²) in [6, 6.07) is 0. The summed E-state index contributed by atoms with van der Waals surface area (Å²) in [4.78, 5) is 8.05. The highest BCUT2D eigenvalue weighted by atomic mass is 32.1. The largest absolute Gasteiger partial charge is 0.347 e. The van der Waals surface area contributed by atoms with E-state index >= 15 is 0 Å². The van der Waals surface area contributed by atoms with Crippen LogP contribution in [0.15, 0.2) is 0 Å². The molecule has 0 bridgehead atoms. The van der Waals surface area contributed by atoms with E-state index in [0.717, 1.165) is 16.0 Å². The zero-order valence-electron chi connectivity index (χ0n) is 10.9. The molecule has 2 nitrogen and oxygen atoms in total. The monoisotopic (exact) mass is 250 g/mol. The fraction of sp³-hybridized carbons (Fsp3) is 0.714. The smallest absolute Gasteiger partial charge is 0.132 e. The summed E-state index contributed by atoms with van der Waals surface area (Å²) in [5.41, 5.74) is 2.30. The van der Waals surface area contributed by atoms with Crippen LogP contribution in [0.2, 0.25) is 0 Å². The molecule has 1 fully saturated rings. The van der Waals surface area contributed by atoms with Gasteiger partial charge < -0.3 is 4.98 Å². The predicted molar refractivity (Wildman–Crippen MR) is 74.0 cm³/mol. The van der Waals surface area contributed by atoms with Crippen molar-refractivity contribution in [2.24, 2.45) is 0 Å². The van der Waals surface area contributed by atoms with Gasteiger partial charge in [-0.1, -0.05) is 44.3 Å². The van der Waals surface area contributed by atoms with E-state index in [4.69, 9.17) is 12.2 Å². The van der Waals surface area contributed by atoms with Crippen LogP contribution >= 0.6 is 12.2 Å². The van der Waals surface area contributed by atoms with E-state index in [9.17, 15) is 0 Å². The van der Waals surface area contributed by atoms with Gasteiger partial charge in [-0.3, -0.25) is 0 Å². The minimum Gasteiger partial charge on any atom is -0.347 e. The molecule has 17 heavy (non-hydrogen) atoms. The molecule has 0 aromatic carbocycles. The van der Waals surface area contributed by atoms with Crippen LogP contribution in [0, 0.1) is 18.5 Å². The van der Waals surface area contributed by atoms with Gasteiger partial charge in [0.25, 0.3) is 0 Å². The van der Waals surface area contributed by atoms with Gasteiger partial charge in [0.05, 0.1) is 0 Å². The van der Waals surface area contributed by atoms with Gasteiger partial charge in [0.2, 0.25) is 0 Å². The maximum atomic E-state index is 5.33. The number of hydrogen-bond acceptors (Lipinski definition) is 2. The summed E-state index contributed by atoms with van der Waals surface area (Å²) in [6.45, 7) is 4.14. The van der Waals surface area contributed by atoms with E-state index < -0.39 is 0 Å². The first-order valence-corrected chi connectivity index (χ1v) is 7.16. The van der Waals surface area contributed by atoms with E-state index in [1.807, 2.05) is 6.92 Å². The molecule has 0 spiro atoms. The molecule has 1 aromatic rings. The summed E-state index contributed by atoms with van der Waals surface area (Å²) in [7, 11) is 0. The van der Waals surface area contributed by atoms with Gasteiger partial charge in [-0.15, -0.1) is 0 Å². The van der Waals surface area contributed by atoms with Crippen molar-refractivity contribution in [3.8, 4) is 0 Å². The van der Waals surface area contributed by atoms with Gasteiger partial charge in [0.15, 0.2) is 0 Å². The van der Waals surface area contributed by atoms with Crippen LogP contribution in [0.5, 0.6) is 0 Å². The Kier molecular flexibility index (Phi) is 4.32. The van der Waals surface area contributed by atoms with Gasteiger partial charge in [0, 0.05) is 17.2 Å². The molecule has 1 heterocycles. The molecule has 0 radical (unpaired) electrons. The molecule has 0 saturated heterocycles. The van der Waals surface area contributed by atoms with Crippen LogP contribution in [0.1, 0.15) is 67.9 Å². The number of rotatable bonds is 1. The Morgan fingerprint density at radius 3 is 2.24 bits per heavy atom. The molecule has 1 saturated carbocycles. The zero-order chi connectivity index (χ0) is 12.3. The Morgan fingerprint density at radius 2 is 1.65 bits per heavy atom. The Hall–Kier alpha value is -0.700. The van der Waals surface area contributed by atoms with Crippen molar-refractivity contribution in [2.45, 2.75) is 64.7 Å². The summed E-state index contributed by atoms with van der Waals surface area (Å²) < 4.78 is 0.776. The highest BCUT2D eigenvalue weighted by Gasteiger charge is 2.16. The van der Waals surface area contributed by atoms with Crippen LogP contribution in [-0.4, -0.2) is 9.97 Å². The maximum Gasteiger partial charge on any atom is 0.132 e. The highest BCUT2D eigenvalue weighted by molar-refractivity contribution is 7.71. The molecule has 0 amide bonds. The fourth-order valence-corrected chi connectivity index (χ4v) is 2.84. The van der Waals surface area contributed by atoms with Gasteiger partial charge in [0.1, 0.15) is 10.5 Å². The average molecular weight is 250 g/mol. The molecular formula is C14H22N2S. The van der Waals surface area contributed by atoms with Crippen LogP contribution in [-0.2, 0) is 0 Å². The third-order valence-corrected chi connectivity index (χ3v) is 4.31. The van der Waals surface area contributed by atoms with Gasteiger partial charge in [-0.25, -0.2) is 4.98 Å². The number of hydrogen-bond donors (Lipinski definition) is 1. The van der Waals surface area contributed by atoms with E-state index in [1.54, 1.807) is 0 Å². The molecule has 1 aliphatic carbocycles. The molecule has 2 rings (SSSR count). The Balaban J connectivity index is 2.22. The lowest BCUT2D eigenvalue weighted by atomic mass is 9.90. The quantitative estimate of drug-likeness (QED) is 0.739. The molecule has 1 N–H and O–H groups in total. The molecule has 0 unspecified atom stereocenters. The molecule has 0 atom stereocenters. The van der Waals surface area contributed by atoms with Crippen LogP contribution in [0.4, 0.5) is 0 Å². The first-order valence-electron chi connectivity index (χ1n) is 6.76. The summed E-state index contributed by atoms with van der Waals surface area (Å²) in [6.07, 6.45) is 9.36. The lowest BCUT2D eigenvalue weighted by Gasteiger charge is -2.19. The van der Waals surface area contributed by atoms with Crippen molar-refractivity contribution in [3.63, 3.8) is 0 Å². The number of nitrogens with zero attached hydrogens (tertiary/aromatic N) is 1. The number of aryl methyl sites for hydroxylation is 1. The number of aromatic nitrogens is 2. The lowest BCUT2D eigenvalue weighted by Crippen LogP contribution is -2.09. The molecule has 1 aromatic heterocycles. The van der Waals surface area contributed by atoms with Crippen molar-refractivity contribution in [3.05, 3.63) is 21.7 Å². The SMILES string of the molecule is Cc1[nH]c(C2CCCCCCC2)nc(=S)c1C. The van der Waals surface area contributed by atoms with Gasteiger partial charge in [-0.05, 0) is 26.7 Å². The van der Waals surface area contributed by atoms with E-state index in [-0.39, 0.29) is 0 Å². The molecule has 3 heteroatoms. The van der Waals surface area contributed by atoms with Gasteiger partial charge in [-0.2, -0.15) is 0 Å². The van der Waals surface area contributed by atoms with Crippen LogP contribution in [0.25, 0.3) is 0 Å². The molecule has 94 valence electrons. The van der Waals surface area contributed by atoms with Crippen LogP contribution < -0.4 is 0 Å². The lowest BCUT2D eigenvalue weighted by molar-refractivity contribution is 0.441. The number of H-pyrrole nitrogens is 1. The fourth-order valence-electron chi connectivity index (χ4n) is 2.59. The zero-order valence-corrected chi connectivity index (χ0v) is 11.7. The topological polar surface area (TPSA) is 28.7 Å². The second-order valence-corrected chi connectivity index (χ2v) is 5.61. The van der Waals surface area contributed by atoms with E-state index in [0.29, 0.717) is 5.92 Å². The van der Waals surface area contributed by atoms with Crippen LogP contribution in [0.3, 0.4) is 0 Å². The normalized spacial score (nSPS) is 18.7. The van der Waals surface area contributed by atoms with E-state index in [2.05, 4.69) is 16.9 Å². The highest BCUT2D eigenvalue weighted by Crippen LogP contribution is 2.29. The Bertz CT molecular complexity index is 428. The second-order valence-electron chi connectivity index (χ2n) is 5.22. The van der Waals surface area contributed by atoms with Crippen molar-refractivity contribution < 1.29 is 0 Å². The first kappa shape index (κ1) is 12.7. The van der Waals surface area contributed by atoms with Crippen molar-refractivity contribution in [2.75, 3.05) is 0 Å². The number of aromatic amines is 1. The second kappa shape index (κ2) is 5.76. The van der Waals surface area contributed by atoms with Crippen molar-refractivity contribution in [1.29, 1.82) is 0 Å². The molecular weight excluding hydrogens is 228 g/mol. The average Bonchev–Trinajstić information content (AvgIpc) is 2.25. The van der Waals surface area contributed by atoms with Gasteiger partial charge >= 0.3 is 0 Å². The summed E-state index contributed by atoms with van der Waals surface area (Å²) in [5.74, 6) is 1.72.